The highest BCUT2D eigenvalue weighted by molar-refractivity contribution is 5.69. The first kappa shape index (κ1) is 11.9. The lowest BCUT2D eigenvalue weighted by molar-refractivity contribution is -0.138. The van der Waals surface area contributed by atoms with Crippen molar-refractivity contribution in [1.29, 1.82) is 0 Å². The molecule has 5 heteroatoms. The Morgan fingerprint density at radius 2 is 2.18 bits per heavy atom. The number of hydrogen-bond donors (Lipinski definition) is 2. The number of carboxylic acid groups (broad SMARTS) is 1. The van der Waals surface area contributed by atoms with Crippen LogP contribution in [0.25, 0.3) is 0 Å². The molecule has 1 aliphatic carbocycles. The number of carboxylic acids is 1. The molecule has 1 fully saturated rings. The Morgan fingerprint density at radius 3 is 2.76 bits per heavy atom. The maximum atomic E-state index is 13.0. The van der Waals surface area contributed by atoms with Gasteiger partial charge in [-0.25, -0.2) is 4.39 Å². The Bertz CT molecular complexity index is 432. The number of carbonyl (C=O) groups is 1. The first-order chi connectivity index (χ1) is 8.06. The Labute approximate surface area is 98.3 Å². The first-order valence-corrected chi connectivity index (χ1v) is 5.49. The standard InChI is InChI=1S/C12H14FNO3/c13-9-1-4-11(15)8(5-9)6-14(7-12(16)17)10-2-3-10/h1,4-5,10,15H,2-3,6-7H2,(H,16,17). The summed E-state index contributed by atoms with van der Waals surface area (Å²) in [4.78, 5) is 12.5. The molecule has 0 spiro atoms. The lowest BCUT2D eigenvalue weighted by atomic mass is 10.2. The van der Waals surface area contributed by atoms with E-state index in [4.69, 9.17) is 5.11 Å². The van der Waals surface area contributed by atoms with Gasteiger partial charge in [0.05, 0.1) is 6.54 Å². The highest BCUT2D eigenvalue weighted by atomic mass is 19.1. The number of aromatic hydroxyl groups is 1. The van der Waals surface area contributed by atoms with Gasteiger partial charge in [-0.3, -0.25) is 9.69 Å². The van der Waals surface area contributed by atoms with E-state index >= 15 is 0 Å². The van der Waals surface area contributed by atoms with Crippen LogP contribution in [0.2, 0.25) is 0 Å². The van der Waals surface area contributed by atoms with Crippen molar-refractivity contribution in [2.24, 2.45) is 0 Å². The van der Waals surface area contributed by atoms with Gasteiger partial charge in [-0.2, -0.15) is 0 Å². The van der Waals surface area contributed by atoms with Crippen molar-refractivity contribution >= 4 is 5.97 Å². The van der Waals surface area contributed by atoms with E-state index in [1.807, 2.05) is 0 Å². The topological polar surface area (TPSA) is 60.8 Å². The molecule has 1 aliphatic rings. The van der Waals surface area contributed by atoms with Gasteiger partial charge in [0, 0.05) is 18.2 Å². The molecule has 0 unspecified atom stereocenters. The molecule has 0 radical (unpaired) electrons. The van der Waals surface area contributed by atoms with Crippen LogP contribution in [0.4, 0.5) is 4.39 Å². The Hall–Kier alpha value is -1.62. The van der Waals surface area contributed by atoms with E-state index in [0.717, 1.165) is 12.8 Å². The average Bonchev–Trinajstić information content (AvgIpc) is 3.05. The number of rotatable bonds is 5. The van der Waals surface area contributed by atoms with Crippen LogP contribution in [-0.4, -0.2) is 33.7 Å². The summed E-state index contributed by atoms with van der Waals surface area (Å²) in [6.07, 6.45) is 1.92. The minimum absolute atomic E-state index is 0.00226. The molecule has 0 heterocycles. The van der Waals surface area contributed by atoms with Crippen molar-refractivity contribution in [3.05, 3.63) is 29.6 Å². The van der Waals surface area contributed by atoms with Crippen LogP contribution in [0, 0.1) is 5.82 Å². The molecule has 4 nitrogen and oxygen atoms in total. The lowest BCUT2D eigenvalue weighted by Gasteiger charge is -2.20. The summed E-state index contributed by atoms with van der Waals surface area (Å²) in [6, 6.07) is 3.95. The van der Waals surface area contributed by atoms with E-state index < -0.39 is 11.8 Å². The van der Waals surface area contributed by atoms with E-state index in [1.165, 1.54) is 18.2 Å². The average molecular weight is 239 g/mol. The molecular formula is C12H14FNO3. The molecule has 92 valence electrons. The SMILES string of the molecule is O=C(O)CN(Cc1cc(F)ccc1O)C1CC1. The number of phenols is 1. The normalized spacial score (nSPS) is 15.2. The number of hydrogen-bond acceptors (Lipinski definition) is 3. The van der Waals surface area contributed by atoms with Gasteiger partial charge in [-0.1, -0.05) is 0 Å². The van der Waals surface area contributed by atoms with Crippen molar-refractivity contribution in [2.45, 2.75) is 25.4 Å². The third-order valence-corrected chi connectivity index (χ3v) is 2.82. The molecule has 0 amide bonds. The zero-order valence-electron chi connectivity index (χ0n) is 9.27. The molecular weight excluding hydrogens is 225 g/mol. The largest absolute Gasteiger partial charge is 0.508 e. The minimum atomic E-state index is -0.909. The van der Waals surface area contributed by atoms with Crippen LogP contribution in [0.5, 0.6) is 5.75 Å². The van der Waals surface area contributed by atoms with Crippen LogP contribution in [-0.2, 0) is 11.3 Å². The summed E-state index contributed by atoms with van der Waals surface area (Å²) in [6.45, 7) is 0.182. The molecule has 0 atom stereocenters. The summed E-state index contributed by atoms with van der Waals surface area (Å²) in [7, 11) is 0. The van der Waals surface area contributed by atoms with Gasteiger partial charge in [0.2, 0.25) is 0 Å². The van der Waals surface area contributed by atoms with E-state index in [0.29, 0.717) is 5.56 Å². The van der Waals surface area contributed by atoms with Gasteiger partial charge in [0.15, 0.2) is 0 Å². The number of aliphatic carboxylic acids is 1. The summed E-state index contributed by atoms with van der Waals surface area (Å²) >= 11 is 0. The quantitative estimate of drug-likeness (QED) is 0.819. The van der Waals surface area contributed by atoms with Gasteiger partial charge in [0.1, 0.15) is 11.6 Å². The number of nitrogens with zero attached hydrogens (tertiary/aromatic N) is 1. The lowest BCUT2D eigenvalue weighted by Crippen LogP contribution is -2.31. The van der Waals surface area contributed by atoms with Gasteiger partial charge < -0.3 is 10.2 Å². The zero-order valence-corrected chi connectivity index (χ0v) is 9.27. The van der Waals surface area contributed by atoms with Crippen molar-refractivity contribution in [3.63, 3.8) is 0 Å². The van der Waals surface area contributed by atoms with E-state index in [9.17, 15) is 14.3 Å². The fraction of sp³-hybridized carbons (Fsp3) is 0.417. The molecule has 2 rings (SSSR count). The molecule has 1 aromatic rings. The van der Waals surface area contributed by atoms with Crippen molar-refractivity contribution in [1.82, 2.24) is 4.90 Å². The Morgan fingerprint density at radius 1 is 1.47 bits per heavy atom. The molecule has 0 aromatic heterocycles. The zero-order chi connectivity index (χ0) is 12.4. The predicted octanol–water partition coefficient (Wildman–Crippen LogP) is 1.58. The van der Waals surface area contributed by atoms with Gasteiger partial charge in [-0.15, -0.1) is 0 Å². The monoisotopic (exact) mass is 239 g/mol. The minimum Gasteiger partial charge on any atom is -0.508 e. The molecule has 0 saturated heterocycles. The maximum absolute atomic E-state index is 13.0. The number of phenolic OH excluding ortho intramolecular Hbond substituents is 1. The Balaban J connectivity index is 2.10. The predicted molar refractivity (Wildman–Crippen MR) is 59.1 cm³/mol. The fourth-order valence-electron chi connectivity index (χ4n) is 1.83. The second kappa shape index (κ2) is 4.71. The van der Waals surface area contributed by atoms with Crippen molar-refractivity contribution in [2.75, 3.05) is 6.54 Å². The molecule has 17 heavy (non-hydrogen) atoms. The smallest absolute Gasteiger partial charge is 0.317 e. The van der Waals surface area contributed by atoms with E-state index in [-0.39, 0.29) is 24.9 Å². The highest BCUT2D eigenvalue weighted by Crippen LogP contribution is 2.30. The summed E-state index contributed by atoms with van der Waals surface area (Å²) < 4.78 is 13.0. The van der Waals surface area contributed by atoms with Crippen LogP contribution < -0.4 is 0 Å². The third-order valence-electron chi connectivity index (χ3n) is 2.82. The van der Waals surface area contributed by atoms with Crippen molar-refractivity contribution in [3.8, 4) is 5.75 Å². The van der Waals surface area contributed by atoms with Crippen LogP contribution in [0.3, 0.4) is 0 Å². The molecule has 1 saturated carbocycles. The maximum Gasteiger partial charge on any atom is 0.317 e. The van der Waals surface area contributed by atoms with E-state index in [2.05, 4.69) is 0 Å². The molecule has 0 bridgehead atoms. The third kappa shape index (κ3) is 3.17. The molecule has 0 aliphatic heterocycles. The van der Waals surface area contributed by atoms with Gasteiger partial charge in [-0.05, 0) is 31.0 Å². The molecule has 1 aromatic carbocycles. The summed E-state index contributed by atoms with van der Waals surface area (Å²) in [5, 5.41) is 18.4. The number of benzene rings is 1. The van der Waals surface area contributed by atoms with Gasteiger partial charge >= 0.3 is 5.97 Å². The molecule has 2 N–H and O–H groups in total. The first-order valence-electron chi connectivity index (χ1n) is 5.49. The Kier molecular flexibility index (Phi) is 3.28. The summed E-state index contributed by atoms with van der Waals surface area (Å²) in [5.41, 5.74) is 0.429. The second-order valence-electron chi connectivity index (χ2n) is 4.30. The summed E-state index contributed by atoms with van der Waals surface area (Å²) in [5.74, 6) is -1.33. The fourth-order valence-corrected chi connectivity index (χ4v) is 1.83. The van der Waals surface area contributed by atoms with E-state index in [1.54, 1.807) is 4.90 Å². The van der Waals surface area contributed by atoms with Crippen LogP contribution >= 0.6 is 0 Å². The van der Waals surface area contributed by atoms with Crippen molar-refractivity contribution < 1.29 is 19.4 Å². The number of halogens is 1. The van der Waals surface area contributed by atoms with Gasteiger partial charge in [0.25, 0.3) is 0 Å². The highest BCUT2D eigenvalue weighted by Gasteiger charge is 2.30. The van der Waals surface area contributed by atoms with Crippen LogP contribution in [0.1, 0.15) is 18.4 Å². The van der Waals surface area contributed by atoms with Crippen LogP contribution in [0.15, 0.2) is 18.2 Å². The second-order valence-corrected chi connectivity index (χ2v) is 4.30.